The first-order valence-corrected chi connectivity index (χ1v) is 5.73. The summed E-state index contributed by atoms with van der Waals surface area (Å²) in [7, 11) is 1.59. The third-order valence-electron chi connectivity index (χ3n) is 2.18. The van der Waals surface area contributed by atoms with Crippen molar-refractivity contribution in [3.8, 4) is 0 Å². The molecular weight excluding hydrogens is 258 g/mol. The van der Waals surface area contributed by atoms with Crippen LogP contribution in [0.5, 0.6) is 0 Å². The molecule has 1 N–H and O–H groups in total. The number of aromatic nitrogens is 3. The number of nitrogens with one attached hydrogen (secondary N) is 1. The Morgan fingerprint density at radius 2 is 2.39 bits per heavy atom. The summed E-state index contributed by atoms with van der Waals surface area (Å²) in [6, 6.07) is 2.77. The number of rotatable bonds is 4. The second kappa shape index (κ2) is 4.92. The van der Waals surface area contributed by atoms with Crippen molar-refractivity contribution in [2.24, 2.45) is 0 Å². The van der Waals surface area contributed by atoms with Crippen molar-refractivity contribution in [3.05, 3.63) is 39.3 Å². The van der Waals surface area contributed by atoms with Gasteiger partial charge >= 0.3 is 5.00 Å². The molecule has 0 spiro atoms. The lowest BCUT2D eigenvalue weighted by atomic mass is 10.4. The van der Waals surface area contributed by atoms with Gasteiger partial charge in [-0.2, -0.15) is 5.10 Å². The summed E-state index contributed by atoms with van der Waals surface area (Å²) in [6.45, 7) is 0.268. The van der Waals surface area contributed by atoms with E-state index in [1.54, 1.807) is 7.05 Å². The molecule has 18 heavy (non-hydrogen) atoms. The molecule has 2 aromatic rings. The fraction of sp³-hybridized carbons (Fsp3) is 0.222. The maximum atomic E-state index is 12.0. The molecule has 0 atom stereocenters. The van der Waals surface area contributed by atoms with Gasteiger partial charge in [-0.05, 0) is 6.07 Å². The number of hydrogen-bond donors (Lipinski definition) is 1. The van der Waals surface area contributed by atoms with Gasteiger partial charge in [0.1, 0.15) is 12.2 Å². The number of nitro groups is 1. The first kappa shape index (κ1) is 12.2. The third kappa shape index (κ3) is 2.51. The van der Waals surface area contributed by atoms with Crippen LogP contribution in [0, 0.1) is 10.1 Å². The molecule has 0 aliphatic carbocycles. The number of aromatic amines is 1. The Kier molecular flexibility index (Phi) is 3.33. The smallest absolute Gasteiger partial charge is 0.324 e. The molecule has 2 rings (SSSR count). The summed E-state index contributed by atoms with van der Waals surface area (Å²) >= 11 is 0.854. The van der Waals surface area contributed by atoms with E-state index in [9.17, 15) is 14.9 Å². The highest BCUT2D eigenvalue weighted by atomic mass is 32.1. The SMILES string of the molecule is CN(Cc1ncn[nH]1)C(=O)c1ccc([N+](=O)[O-])s1. The standard InChI is InChI=1S/C9H9N5O3S/c1-13(4-7-10-5-11-12-7)9(15)6-2-3-8(18-6)14(16)17/h2-3,5H,4H2,1H3,(H,10,11,12). The third-order valence-corrected chi connectivity index (χ3v) is 3.21. The highest BCUT2D eigenvalue weighted by Gasteiger charge is 2.18. The highest BCUT2D eigenvalue weighted by Crippen LogP contribution is 2.24. The molecule has 8 nitrogen and oxygen atoms in total. The van der Waals surface area contributed by atoms with E-state index in [0.717, 1.165) is 11.3 Å². The van der Waals surface area contributed by atoms with Gasteiger partial charge in [0.2, 0.25) is 0 Å². The van der Waals surface area contributed by atoms with Crippen LogP contribution >= 0.6 is 11.3 Å². The molecule has 1 amide bonds. The van der Waals surface area contributed by atoms with Crippen molar-refractivity contribution >= 4 is 22.2 Å². The summed E-state index contributed by atoms with van der Waals surface area (Å²) < 4.78 is 0. The minimum Gasteiger partial charge on any atom is -0.333 e. The predicted molar refractivity (Wildman–Crippen MR) is 63.2 cm³/mol. The van der Waals surface area contributed by atoms with E-state index in [2.05, 4.69) is 15.2 Å². The zero-order valence-corrected chi connectivity index (χ0v) is 10.2. The van der Waals surface area contributed by atoms with Crippen LogP contribution in [0.4, 0.5) is 5.00 Å². The molecule has 0 radical (unpaired) electrons. The van der Waals surface area contributed by atoms with Crippen molar-refractivity contribution < 1.29 is 9.72 Å². The fourth-order valence-corrected chi connectivity index (χ4v) is 2.15. The molecule has 0 aliphatic rings. The Bertz CT molecular complexity index is 565. The van der Waals surface area contributed by atoms with E-state index in [-0.39, 0.29) is 17.5 Å². The molecule has 0 fully saturated rings. The van der Waals surface area contributed by atoms with Crippen molar-refractivity contribution in [3.63, 3.8) is 0 Å². The van der Waals surface area contributed by atoms with Crippen molar-refractivity contribution in [1.29, 1.82) is 0 Å². The number of thiophene rings is 1. The maximum Gasteiger partial charge on any atom is 0.324 e. The van der Waals surface area contributed by atoms with Crippen LogP contribution in [0.25, 0.3) is 0 Å². The van der Waals surface area contributed by atoms with Crippen LogP contribution in [-0.2, 0) is 6.54 Å². The Morgan fingerprint density at radius 1 is 1.61 bits per heavy atom. The first-order valence-electron chi connectivity index (χ1n) is 4.92. The lowest BCUT2D eigenvalue weighted by molar-refractivity contribution is -0.380. The van der Waals surface area contributed by atoms with Gasteiger partial charge in [0.25, 0.3) is 5.91 Å². The summed E-state index contributed by atoms with van der Waals surface area (Å²) in [5.74, 6) is 0.265. The predicted octanol–water partition coefficient (Wildman–Crippen LogP) is 1.05. The number of carbonyl (C=O) groups is 1. The minimum absolute atomic E-state index is 0.0496. The second-order valence-corrected chi connectivity index (χ2v) is 4.55. The maximum absolute atomic E-state index is 12.0. The van der Waals surface area contributed by atoms with Crippen molar-refractivity contribution in [2.45, 2.75) is 6.54 Å². The number of H-pyrrole nitrogens is 1. The van der Waals surface area contributed by atoms with Crippen LogP contribution in [0.3, 0.4) is 0 Å². The zero-order valence-electron chi connectivity index (χ0n) is 9.36. The summed E-state index contributed by atoms with van der Waals surface area (Å²) in [4.78, 5) is 27.6. The summed E-state index contributed by atoms with van der Waals surface area (Å²) in [5, 5.41) is 16.8. The van der Waals surface area contributed by atoms with E-state index < -0.39 is 4.92 Å². The molecule has 2 heterocycles. The zero-order chi connectivity index (χ0) is 13.1. The normalized spacial score (nSPS) is 10.3. The molecule has 0 saturated carbocycles. The Balaban J connectivity index is 2.08. The number of amides is 1. The van der Waals surface area contributed by atoms with Gasteiger partial charge in [0.05, 0.1) is 16.3 Å². The number of nitrogens with zero attached hydrogens (tertiary/aromatic N) is 4. The second-order valence-electron chi connectivity index (χ2n) is 3.49. The van der Waals surface area contributed by atoms with Crippen LogP contribution < -0.4 is 0 Å². The van der Waals surface area contributed by atoms with E-state index >= 15 is 0 Å². The summed E-state index contributed by atoms with van der Waals surface area (Å²) in [5.41, 5.74) is 0. The molecule has 0 aromatic carbocycles. The van der Waals surface area contributed by atoms with Crippen LogP contribution in [0.1, 0.15) is 15.5 Å². The molecule has 9 heteroatoms. The van der Waals surface area contributed by atoms with Gasteiger partial charge < -0.3 is 4.90 Å². The highest BCUT2D eigenvalue weighted by molar-refractivity contribution is 7.17. The van der Waals surface area contributed by atoms with E-state index in [4.69, 9.17) is 0 Å². The number of hydrogen-bond acceptors (Lipinski definition) is 6. The molecule has 94 valence electrons. The molecule has 0 unspecified atom stereocenters. The lowest BCUT2D eigenvalue weighted by Crippen LogP contribution is -2.25. The molecule has 0 bridgehead atoms. The average Bonchev–Trinajstić information content (AvgIpc) is 2.98. The van der Waals surface area contributed by atoms with Gasteiger partial charge in [0.15, 0.2) is 0 Å². The summed E-state index contributed by atoms with van der Waals surface area (Å²) in [6.07, 6.45) is 1.35. The molecule has 0 aliphatic heterocycles. The van der Waals surface area contributed by atoms with Gasteiger partial charge in [-0.1, -0.05) is 11.3 Å². The quantitative estimate of drug-likeness (QED) is 0.658. The Morgan fingerprint density at radius 3 is 2.94 bits per heavy atom. The van der Waals surface area contributed by atoms with Crippen molar-refractivity contribution in [2.75, 3.05) is 7.05 Å². The molecule has 2 aromatic heterocycles. The lowest BCUT2D eigenvalue weighted by Gasteiger charge is -2.13. The van der Waals surface area contributed by atoms with Crippen LogP contribution in [0.15, 0.2) is 18.5 Å². The topological polar surface area (TPSA) is 105 Å². The van der Waals surface area contributed by atoms with E-state index in [1.807, 2.05) is 0 Å². The largest absolute Gasteiger partial charge is 0.333 e. The van der Waals surface area contributed by atoms with E-state index in [1.165, 1.54) is 23.4 Å². The fourth-order valence-electron chi connectivity index (χ4n) is 1.33. The van der Waals surface area contributed by atoms with Gasteiger partial charge in [-0.25, -0.2) is 4.98 Å². The Labute approximate surface area is 105 Å². The molecule has 0 saturated heterocycles. The molecular formula is C9H9N5O3S. The Hall–Kier alpha value is -2.29. The number of carbonyl (C=O) groups excluding carboxylic acids is 1. The van der Waals surface area contributed by atoms with Gasteiger partial charge in [-0.3, -0.25) is 20.0 Å². The van der Waals surface area contributed by atoms with Gasteiger partial charge in [0, 0.05) is 13.1 Å². The van der Waals surface area contributed by atoms with E-state index in [0.29, 0.717) is 10.7 Å². The van der Waals surface area contributed by atoms with Crippen molar-refractivity contribution in [1.82, 2.24) is 20.1 Å². The average molecular weight is 267 g/mol. The minimum atomic E-state index is -0.516. The monoisotopic (exact) mass is 267 g/mol. The first-order chi connectivity index (χ1) is 8.58. The van der Waals surface area contributed by atoms with Gasteiger partial charge in [-0.15, -0.1) is 0 Å². The van der Waals surface area contributed by atoms with Crippen LogP contribution in [0.2, 0.25) is 0 Å². The van der Waals surface area contributed by atoms with Crippen LogP contribution in [-0.4, -0.2) is 38.0 Å².